The number of fused-ring (bicyclic) bond motifs is 3. The van der Waals surface area contributed by atoms with E-state index in [1.165, 1.54) is 32.7 Å². The van der Waals surface area contributed by atoms with Crippen LogP contribution in [0.4, 0.5) is 0 Å². The minimum absolute atomic E-state index is 0. The van der Waals surface area contributed by atoms with Gasteiger partial charge in [-0.25, -0.2) is 0 Å². The Kier molecular flexibility index (Phi) is 9.19. The molecule has 0 unspecified atom stereocenters. The molecule has 0 aliphatic carbocycles. The fraction of sp³-hybridized carbons (Fsp3) is 0.143. The summed E-state index contributed by atoms with van der Waals surface area (Å²) >= 11 is 0. The van der Waals surface area contributed by atoms with Gasteiger partial charge < -0.3 is 9.97 Å². The summed E-state index contributed by atoms with van der Waals surface area (Å²) in [5.41, 5.74) is 7.16. The molecule has 2 aromatic heterocycles. The van der Waals surface area contributed by atoms with E-state index in [9.17, 15) is 0 Å². The van der Waals surface area contributed by atoms with Crippen molar-refractivity contribution < 1.29 is 22.8 Å². The SMILES string of the molecule is Cc1ccc(-c2[c-]cccc2)nc1.[2H]C([2H])(c1ccnc(-c2[c-]ccc(-c3cc4ccccc4c4ccccc34)c2)c1)C(C)(C)C.[Ir]. The summed E-state index contributed by atoms with van der Waals surface area (Å²) in [5, 5.41) is 4.90. The predicted octanol–water partition coefficient (Wildman–Crippen LogP) is 11.0. The average molecular weight is 763 g/mol. The molecular weight excluding hydrogens is 725 g/mol. The first-order valence-electron chi connectivity index (χ1n) is 15.9. The predicted molar refractivity (Wildman–Crippen MR) is 185 cm³/mol. The van der Waals surface area contributed by atoms with E-state index < -0.39 is 11.8 Å². The Bertz CT molecular complexity index is 2120. The molecule has 0 aliphatic heterocycles. The van der Waals surface area contributed by atoms with Crippen molar-refractivity contribution >= 4 is 21.5 Å². The largest absolute Gasteiger partial charge is 0.305 e. The van der Waals surface area contributed by atoms with Crippen molar-refractivity contribution in [3.63, 3.8) is 0 Å². The van der Waals surface area contributed by atoms with E-state index in [4.69, 9.17) is 2.74 Å². The molecule has 3 heteroatoms. The van der Waals surface area contributed by atoms with Gasteiger partial charge in [-0.3, -0.25) is 0 Å². The van der Waals surface area contributed by atoms with E-state index in [0.717, 1.165) is 28.1 Å². The van der Waals surface area contributed by atoms with E-state index >= 15 is 0 Å². The Morgan fingerprint density at radius 2 is 1.40 bits per heavy atom. The van der Waals surface area contributed by atoms with E-state index in [0.29, 0.717) is 5.56 Å². The molecule has 5 aromatic carbocycles. The number of hydrogen-bond acceptors (Lipinski definition) is 2. The molecule has 7 rings (SSSR count). The van der Waals surface area contributed by atoms with Crippen molar-refractivity contribution in [1.82, 2.24) is 9.97 Å². The fourth-order valence-corrected chi connectivity index (χ4v) is 5.34. The van der Waals surface area contributed by atoms with Crippen LogP contribution in [0.2, 0.25) is 0 Å². The summed E-state index contributed by atoms with van der Waals surface area (Å²) in [6, 6.07) is 47.4. The monoisotopic (exact) mass is 763 g/mol. The number of pyridine rings is 2. The van der Waals surface area contributed by atoms with E-state index in [1.54, 1.807) is 12.3 Å². The average Bonchev–Trinajstić information content (AvgIpc) is 3.08. The number of hydrogen-bond donors (Lipinski definition) is 0. The minimum Gasteiger partial charge on any atom is -0.305 e. The van der Waals surface area contributed by atoms with Crippen molar-refractivity contribution in [1.29, 1.82) is 0 Å². The third-order valence-corrected chi connectivity index (χ3v) is 7.33. The zero-order valence-corrected chi connectivity index (χ0v) is 28.3. The molecule has 0 amide bonds. The summed E-state index contributed by atoms with van der Waals surface area (Å²) in [5.74, 6) is 0. The molecule has 0 spiro atoms. The molecular formula is C42H36IrN2-2. The van der Waals surface area contributed by atoms with Crippen LogP contribution >= 0.6 is 0 Å². The van der Waals surface area contributed by atoms with E-state index in [1.807, 2.05) is 76.4 Å². The van der Waals surface area contributed by atoms with Crippen molar-refractivity contribution in [3.8, 4) is 33.6 Å². The van der Waals surface area contributed by atoms with Gasteiger partial charge in [-0.15, -0.1) is 71.3 Å². The Labute approximate surface area is 283 Å². The summed E-state index contributed by atoms with van der Waals surface area (Å²) < 4.78 is 17.3. The third-order valence-electron chi connectivity index (χ3n) is 7.33. The zero-order chi connectivity index (χ0) is 32.3. The van der Waals surface area contributed by atoms with Crippen LogP contribution in [0.15, 0.2) is 134 Å². The Morgan fingerprint density at radius 1 is 0.667 bits per heavy atom. The van der Waals surface area contributed by atoms with Gasteiger partial charge in [-0.2, -0.15) is 0 Å². The molecule has 0 saturated heterocycles. The Hall–Kier alpha value is -4.43. The van der Waals surface area contributed by atoms with Crippen LogP contribution in [0.1, 0.15) is 34.6 Å². The van der Waals surface area contributed by atoms with Gasteiger partial charge in [0.25, 0.3) is 0 Å². The molecule has 0 aliphatic rings. The maximum atomic E-state index is 8.65. The van der Waals surface area contributed by atoms with Crippen LogP contribution < -0.4 is 0 Å². The number of nitrogens with zero attached hydrogens (tertiary/aromatic N) is 2. The normalized spacial score (nSPS) is 12.0. The molecule has 0 N–H and O–H groups in total. The summed E-state index contributed by atoms with van der Waals surface area (Å²) in [6.45, 7) is 7.80. The van der Waals surface area contributed by atoms with Gasteiger partial charge in [-0.1, -0.05) is 93.1 Å². The smallest absolute Gasteiger partial charge is 0.0321 e. The quantitative estimate of drug-likeness (QED) is 0.132. The van der Waals surface area contributed by atoms with Crippen LogP contribution in [-0.2, 0) is 26.5 Å². The summed E-state index contributed by atoms with van der Waals surface area (Å²) in [7, 11) is 0. The fourth-order valence-electron chi connectivity index (χ4n) is 5.34. The number of rotatable bonds is 4. The van der Waals surface area contributed by atoms with Gasteiger partial charge in [0.2, 0.25) is 0 Å². The molecule has 1 radical (unpaired) electrons. The molecule has 45 heavy (non-hydrogen) atoms. The first-order valence-corrected chi connectivity index (χ1v) is 14.9. The van der Waals surface area contributed by atoms with Crippen LogP contribution in [0.3, 0.4) is 0 Å². The van der Waals surface area contributed by atoms with Gasteiger partial charge >= 0.3 is 0 Å². The van der Waals surface area contributed by atoms with Crippen molar-refractivity contribution in [3.05, 3.63) is 157 Å². The molecule has 2 nitrogen and oxygen atoms in total. The second-order valence-corrected chi connectivity index (χ2v) is 12.0. The third kappa shape index (κ3) is 7.81. The number of benzene rings is 5. The summed E-state index contributed by atoms with van der Waals surface area (Å²) in [4.78, 5) is 8.87. The van der Waals surface area contributed by atoms with Crippen LogP contribution in [0, 0.1) is 24.5 Å². The van der Waals surface area contributed by atoms with Crippen LogP contribution in [0.25, 0.3) is 55.2 Å². The van der Waals surface area contributed by atoms with Gasteiger partial charge in [0.05, 0.1) is 0 Å². The zero-order valence-electron chi connectivity index (χ0n) is 27.9. The molecule has 2 heterocycles. The van der Waals surface area contributed by atoms with Gasteiger partial charge in [0.1, 0.15) is 0 Å². The van der Waals surface area contributed by atoms with E-state index in [-0.39, 0.29) is 20.1 Å². The van der Waals surface area contributed by atoms with Crippen LogP contribution in [-0.4, -0.2) is 9.97 Å². The molecule has 225 valence electrons. The second kappa shape index (κ2) is 14.1. The Balaban J connectivity index is 0.000000260. The van der Waals surface area contributed by atoms with Crippen molar-refractivity contribution in [2.75, 3.05) is 0 Å². The number of aromatic nitrogens is 2. The minimum atomic E-state index is -1.48. The molecule has 0 atom stereocenters. The van der Waals surface area contributed by atoms with Gasteiger partial charge in [0, 0.05) is 35.2 Å². The van der Waals surface area contributed by atoms with E-state index in [2.05, 4.69) is 94.9 Å². The Morgan fingerprint density at radius 3 is 2.13 bits per heavy atom. The summed E-state index contributed by atoms with van der Waals surface area (Å²) in [6.07, 6.45) is 2.09. The number of aryl methyl sites for hydroxylation is 1. The van der Waals surface area contributed by atoms with Gasteiger partial charge in [-0.05, 0) is 74.9 Å². The topological polar surface area (TPSA) is 25.8 Å². The van der Waals surface area contributed by atoms with Crippen LogP contribution in [0.5, 0.6) is 0 Å². The molecule has 0 bridgehead atoms. The first kappa shape index (κ1) is 29.3. The first-order chi connectivity index (χ1) is 22.1. The van der Waals surface area contributed by atoms with Crippen molar-refractivity contribution in [2.45, 2.75) is 34.1 Å². The van der Waals surface area contributed by atoms with Gasteiger partial charge in [0.15, 0.2) is 0 Å². The second-order valence-electron chi connectivity index (χ2n) is 12.0. The standard InChI is InChI=1S/C30H26N.C12H10N.Ir/c1-30(2,3)20-21-15-16-31-29(17-21)24-11-8-10-22(18-24)28-19-23-9-4-5-12-25(23)26-13-6-7-14-27(26)28;1-10-7-8-12(13-9-10)11-5-3-2-4-6-11;/h4-10,12-19H,20H2,1-3H3;2-5,7-9H,1H3;/q2*-1;/i20D2;;. The van der Waals surface area contributed by atoms with Crippen molar-refractivity contribution in [2.24, 2.45) is 5.41 Å². The molecule has 0 fully saturated rings. The molecule has 7 aromatic rings. The maximum Gasteiger partial charge on any atom is 0.0321 e. The molecule has 0 saturated carbocycles. The maximum absolute atomic E-state index is 8.65.